The number of carbonyl (C=O) groups excluding carboxylic acids is 1. The summed E-state index contributed by atoms with van der Waals surface area (Å²) in [6.45, 7) is 12.1. The van der Waals surface area contributed by atoms with Gasteiger partial charge in [0.1, 0.15) is 12.0 Å². The van der Waals surface area contributed by atoms with Gasteiger partial charge in [0.05, 0.1) is 26.0 Å². The predicted octanol–water partition coefficient (Wildman–Crippen LogP) is 2.09. The van der Waals surface area contributed by atoms with Crippen LogP contribution in [0.1, 0.15) is 49.7 Å². The summed E-state index contributed by atoms with van der Waals surface area (Å²) in [5.74, 6) is 0.507. The highest BCUT2D eigenvalue weighted by molar-refractivity contribution is 5.95. The first kappa shape index (κ1) is 22.2. The molecule has 0 atom stereocenters. The Kier molecular flexibility index (Phi) is 6.16. The molecule has 32 heavy (non-hydrogen) atoms. The van der Waals surface area contributed by atoms with Crippen molar-refractivity contribution in [1.82, 2.24) is 35.0 Å². The van der Waals surface area contributed by atoms with Crippen LogP contribution in [0, 0.1) is 0 Å². The molecule has 0 bridgehead atoms. The summed E-state index contributed by atoms with van der Waals surface area (Å²) in [5.41, 5.74) is 3.28. The Labute approximate surface area is 187 Å². The van der Waals surface area contributed by atoms with Crippen LogP contribution >= 0.6 is 0 Å². The van der Waals surface area contributed by atoms with Gasteiger partial charge < -0.3 is 14.8 Å². The third-order valence-corrected chi connectivity index (χ3v) is 5.99. The van der Waals surface area contributed by atoms with E-state index in [2.05, 4.69) is 44.3 Å². The number of aromatic amines is 1. The van der Waals surface area contributed by atoms with Crippen molar-refractivity contribution in [2.75, 3.05) is 40.0 Å². The van der Waals surface area contributed by atoms with Crippen molar-refractivity contribution in [2.24, 2.45) is 0 Å². The molecule has 1 aliphatic rings. The van der Waals surface area contributed by atoms with Gasteiger partial charge in [-0.15, -0.1) is 0 Å². The number of pyridine rings is 1. The fraction of sp³-hybridized carbons (Fsp3) is 0.545. The van der Waals surface area contributed by atoms with Gasteiger partial charge in [0.25, 0.3) is 5.91 Å². The Morgan fingerprint density at radius 1 is 1.34 bits per heavy atom. The smallest absolute Gasteiger partial charge is 0.269 e. The van der Waals surface area contributed by atoms with Crippen LogP contribution in [0.2, 0.25) is 0 Å². The average molecular weight is 442 g/mol. The van der Waals surface area contributed by atoms with Gasteiger partial charge in [-0.2, -0.15) is 10.2 Å². The fourth-order valence-electron chi connectivity index (χ4n) is 4.15. The van der Waals surface area contributed by atoms with Gasteiger partial charge in [0.15, 0.2) is 11.4 Å². The number of H-pyrrole nitrogens is 1. The van der Waals surface area contributed by atoms with E-state index in [4.69, 9.17) is 9.47 Å². The lowest BCUT2D eigenvalue weighted by atomic mass is 9.96. The Morgan fingerprint density at radius 3 is 2.78 bits per heavy atom. The molecule has 0 unspecified atom stereocenters. The lowest BCUT2D eigenvalue weighted by molar-refractivity contribution is -0.00924. The van der Waals surface area contributed by atoms with Crippen LogP contribution in [0.5, 0.6) is 5.75 Å². The maximum Gasteiger partial charge on any atom is 0.269 e. The van der Waals surface area contributed by atoms with Gasteiger partial charge in [-0.25, -0.2) is 9.50 Å². The van der Waals surface area contributed by atoms with E-state index in [1.165, 1.54) is 6.33 Å². The highest BCUT2D eigenvalue weighted by Crippen LogP contribution is 2.33. The van der Waals surface area contributed by atoms with Gasteiger partial charge in [-0.1, -0.05) is 13.8 Å². The number of nitrogens with zero attached hydrogens (tertiary/aromatic N) is 5. The minimum Gasteiger partial charge on any atom is -0.493 e. The molecule has 172 valence electrons. The Bertz CT molecular complexity index is 1100. The summed E-state index contributed by atoms with van der Waals surface area (Å²) in [6.07, 6.45) is 3.32. The van der Waals surface area contributed by atoms with E-state index in [-0.39, 0.29) is 17.4 Å². The molecule has 1 amide bonds. The SMILES string of the molecule is COc1cc(-c2n[nH]c(C(=O)NCC(C)(C)N3CCOCC3)c2C(C)C)cn2ncnc12. The Morgan fingerprint density at radius 2 is 2.09 bits per heavy atom. The number of rotatable bonds is 7. The van der Waals surface area contributed by atoms with Crippen molar-refractivity contribution < 1.29 is 14.3 Å². The molecule has 1 saturated heterocycles. The molecule has 4 heterocycles. The molecule has 10 heteroatoms. The summed E-state index contributed by atoms with van der Waals surface area (Å²) in [7, 11) is 1.59. The molecule has 3 aromatic heterocycles. The highest BCUT2D eigenvalue weighted by Gasteiger charge is 2.30. The van der Waals surface area contributed by atoms with E-state index in [0.29, 0.717) is 29.3 Å². The monoisotopic (exact) mass is 441 g/mol. The molecular weight excluding hydrogens is 410 g/mol. The van der Waals surface area contributed by atoms with E-state index in [1.54, 1.807) is 11.6 Å². The highest BCUT2D eigenvalue weighted by atomic mass is 16.5. The van der Waals surface area contributed by atoms with Gasteiger partial charge in [-0.3, -0.25) is 14.8 Å². The number of fused-ring (bicyclic) bond motifs is 1. The zero-order valence-electron chi connectivity index (χ0n) is 19.3. The normalized spacial score (nSPS) is 15.4. The maximum atomic E-state index is 13.2. The number of carbonyl (C=O) groups is 1. The summed E-state index contributed by atoms with van der Waals surface area (Å²) in [6, 6.07) is 1.87. The van der Waals surface area contributed by atoms with Crippen LogP contribution in [0.15, 0.2) is 18.6 Å². The van der Waals surface area contributed by atoms with E-state index in [1.807, 2.05) is 26.1 Å². The second-order valence-corrected chi connectivity index (χ2v) is 8.94. The molecule has 0 aliphatic carbocycles. The predicted molar refractivity (Wildman–Crippen MR) is 120 cm³/mol. The third-order valence-electron chi connectivity index (χ3n) is 5.99. The number of morpholine rings is 1. The van der Waals surface area contributed by atoms with Crippen molar-refractivity contribution in [2.45, 2.75) is 39.2 Å². The molecule has 0 saturated carbocycles. The van der Waals surface area contributed by atoms with Crippen molar-refractivity contribution >= 4 is 11.6 Å². The summed E-state index contributed by atoms with van der Waals surface area (Å²) >= 11 is 0. The van der Waals surface area contributed by atoms with Crippen LogP contribution in [0.25, 0.3) is 16.9 Å². The number of amides is 1. The summed E-state index contributed by atoms with van der Waals surface area (Å²) in [5, 5.41) is 14.8. The zero-order valence-corrected chi connectivity index (χ0v) is 19.3. The molecule has 2 N–H and O–H groups in total. The number of hydrogen-bond donors (Lipinski definition) is 2. The first-order valence-electron chi connectivity index (χ1n) is 10.9. The van der Waals surface area contributed by atoms with Crippen molar-refractivity contribution in [3.63, 3.8) is 0 Å². The van der Waals surface area contributed by atoms with Gasteiger partial charge in [0, 0.05) is 42.5 Å². The van der Waals surface area contributed by atoms with Crippen LogP contribution in [-0.4, -0.2) is 81.1 Å². The second-order valence-electron chi connectivity index (χ2n) is 8.94. The van der Waals surface area contributed by atoms with Crippen LogP contribution in [0.4, 0.5) is 0 Å². The van der Waals surface area contributed by atoms with Crippen molar-refractivity contribution in [3.8, 4) is 17.0 Å². The van der Waals surface area contributed by atoms with E-state index in [9.17, 15) is 4.79 Å². The van der Waals surface area contributed by atoms with E-state index >= 15 is 0 Å². The minimum atomic E-state index is -0.175. The van der Waals surface area contributed by atoms with Crippen LogP contribution in [-0.2, 0) is 4.74 Å². The average Bonchev–Trinajstić information content (AvgIpc) is 3.44. The molecule has 0 radical (unpaired) electrons. The molecular formula is C22H31N7O3. The molecule has 4 rings (SSSR count). The lowest BCUT2D eigenvalue weighted by Gasteiger charge is -2.40. The summed E-state index contributed by atoms with van der Waals surface area (Å²) < 4.78 is 12.6. The largest absolute Gasteiger partial charge is 0.493 e. The number of aromatic nitrogens is 5. The maximum absolute atomic E-state index is 13.2. The minimum absolute atomic E-state index is 0.0780. The van der Waals surface area contributed by atoms with Crippen molar-refractivity contribution in [1.29, 1.82) is 0 Å². The lowest BCUT2D eigenvalue weighted by Crippen LogP contribution is -2.55. The standard InChI is InChI=1S/C22H31N7O3/c1-14(2)17-18(15-10-16(31-5)20-24-13-25-29(20)11-15)26-27-19(17)21(30)23-12-22(3,4)28-6-8-32-9-7-28/h10-11,13-14H,6-9,12H2,1-5H3,(H,23,30)(H,26,27). The number of hydrogen-bond acceptors (Lipinski definition) is 7. The van der Waals surface area contributed by atoms with Crippen molar-refractivity contribution in [3.05, 3.63) is 29.8 Å². The van der Waals surface area contributed by atoms with Gasteiger partial charge in [-0.05, 0) is 25.8 Å². The topological polar surface area (TPSA) is 110 Å². The van der Waals surface area contributed by atoms with Crippen LogP contribution < -0.4 is 10.1 Å². The Hall–Kier alpha value is -2.98. The Balaban J connectivity index is 1.60. The fourth-order valence-corrected chi connectivity index (χ4v) is 4.15. The molecule has 1 aliphatic heterocycles. The quantitative estimate of drug-likeness (QED) is 0.578. The molecule has 10 nitrogen and oxygen atoms in total. The zero-order chi connectivity index (χ0) is 22.9. The molecule has 0 aromatic carbocycles. The molecule has 1 fully saturated rings. The van der Waals surface area contributed by atoms with Gasteiger partial charge >= 0.3 is 0 Å². The summed E-state index contributed by atoms with van der Waals surface area (Å²) in [4.78, 5) is 19.7. The number of methoxy groups -OCH3 is 1. The van der Waals surface area contributed by atoms with Crippen LogP contribution in [0.3, 0.4) is 0 Å². The first-order chi connectivity index (χ1) is 15.3. The number of nitrogens with one attached hydrogen (secondary N) is 2. The third kappa shape index (κ3) is 4.20. The van der Waals surface area contributed by atoms with E-state index < -0.39 is 0 Å². The second kappa shape index (κ2) is 8.87. The van der Waals surface area contributed by atoms with Gasteiger partial charge in [0.2, 0.25) is 0 Å². The molecule has 3 aromatic rings. The van der Waals surface area contributed by atoms with E-state index in [0.717, 1.165) is 37.4 Å². The number of ether oxygens (including phenoxy) is 2. The molecule has 0 spiro atoms. The first-order valence-corrected chi connectivity index (χ1v) is 10.9.